The first-order valence-electron chi connectivity index (χ1n) is 6.98. The third-order valence-corrected chi connectivity index (χ3v) is 3.77. The number of benzene rings is 1. The molecule has 1 atom stereocenters. The molecule has 0 bridgehead atoms. The van der Waals surface area contributed by atoms with E-state index in [0.717, 1.165) is 31.9 Å². The number of carbonyl (C=O) groups is 2. The lowest BCUT2D eigenvalue weighted by atomic mass is 10.2. The molecule has 1 aromatic rings. The van der Waals surface area contributed by atoms with Crippen molar-refractivity contribution in [2.45, 2.75) is 6.10 Å². The third-order valence-electron chi connectivity index (χ3n) is 3.77. The molecule has 2 heterocycles. The molecule has 3 N–H and O–H groups in total. The van der Waals surface area contributed by atoms with Gasteiger partial charge in [-0.2, -0.15) is 0 Å². The fourth-order valence-corrected chi connectivity index (χ4v) is 2.59. The minimum absolute atomic E-state index is 0.168. The van der Waals surface area contributed by atoms with Crippen LogP contribution >= 0.6 is 0 Å². The predicted octanol–water partition coefficient (Wildman–Crippen LogP) is -0.0933. The lowest BCUT2D eigenvalue weighted by Gasteiger charge is -2.29. The zero-order valence-corrected chi connectivity index (χ0v) is 11.6. The van der Waals surface area contributed by atoms with E-state index in [1.165, 1.54) is 4.90 Å². The number of hydrogen-bond donors (Lipinski definition) is 2. The van der Waals surface area contributed by atoms with Gasteiger partial charge in [-0.05, 0) is 24.3 Å². The van der Waals surface area contributed by atoms with Crippen molar-refractivity contribution >= 4 is 23.4 Å². The molecule has 0 radical (unpaired) electrons. The topological polar surface area (TPSA) is 87.9 Å². The molecule has 0 saturated carbocycles. The number of primary amides is 1. The first-order chi connectivity index (χ1) is 10.1. The van der Waals surface area contributed by atoms with Crippen LogP contribution in [0.5, 0.6) is 0 Å². The smallest absolute Gasteiger partial charge is 0.415 e. The molecule has 2 amide bonds. The summed E-state index contributed by atoms with van der Waals surface area (Å²) in [5.74, 6) is -0.622. The van der Waals surface area contributed by atoms with Crippen LogP contribution in [0.3, 0.4) is 0 Å². The molecular weight excluding hydrogens is 272 g/mol. The van der Waals surface area contributed by atoms with Gasteiger partial charge in [0, 0.05) is 37.6 Å². The number of anilines is 2. The lowest BCUT2D eigenvalue weighted by molar-refractivity contribution is -0.124. The minimum Gasteiger partial charge on any atom is -0.434 e. The van der Waals surface area contributed by atoms with Gasteiger partial charge in [0.2, 0.25) is 0 Å². The number of ether oxygens (including phenoxy) is 1. The van der Waals surface area contributed by atoms with Gasteiger partial charge in [0.1, 0.15) is 0 Å². The second-order valence-electron chi connectivity index (χ2n) is 5.14. The summed E-state index contributed by atoms with van der Waals surface area (Å²) >= 11 is 0. The highest BCUT2D eigenvalue weighted by Crippen LogP contribution is 2.25. The number of nitrogens with one attached hydrogen (secondary N) is 1. The summed E-state index contributed by atoms with van der Waals surface area (Å²) in [6.07, 6.45) is -1.40. The molecule has 0 aliphatic carbocycles. The van der Waals surface area contributed by atoms with Crippen LogP contribution in [0.1, 0.15) is 0 Å². The van der Waals surface area contributed by atoms with Crippen molar-refractivity contribution in [3.8, 4) is 0 Å². The first kappa shape index (κ1) is 13.7. The Bertz CT molecular complexity index is 540. The minimum atomic E-state index is -0.870. The molecule has 112 valence electrons. The van der Waals surface area contributed by atoms with E-state index in [4.69, 9.17) is 10.5 Å². The maximum absolute atomic E-state index is 11.8. The molecule has 1 unspecified atom stereocenters. The molecule has 2 aliphatic heterocycles. The van der Waals surface area contributed by atoms with Crippen molar-refractivity contribution in [1.82, 2.24) is 5.32 Å². The average Bonchev–Trinajstić information content (AvgIpc) is 2.91. The molecule has 7 heteroatoms. The number of nitrogens with two attached hydrogens (primary N) is 1. The summed E-state index contributed by atoms with van der Waals surface area (Å²) in [4.78, 5) is 26.6. The van der Waals surface area contributed by atoms with Gasteiger partial charge in [0.25, 0.3) is 5.91 Å². The van der Waals surface area contributed by atoms with E-state index in [9.17, 15) is 9.59 Å². The molecular formula is C14H18N4O3. The predicted molar refractivity (Wildman–Crippen MR) is 78.3 cm³/mol. The van der Waals surface area contributed by atoms with Crippen LogP contribution in [-0.2, 0) is 9.53 Å². The Labute approximate surface area is 122 Å². The Morgan fingerprint density at radius 2 is 1.81 bits per heavy atom. The summed E-state index contributed by atoms with van der Waals surface area (Å²) in [6.45, 7) is 4.05. The quantitative estimate of drug-likeness (QED) is 0.812. The fraction of sp³-hybridized carbons (Fsp3) is 0.429. The zero-order valence-electron chi connectivity index (χ0n) is 11.6. The van der Waals surface area contributed by atoms with Gasteiger partial charge >= 0.3 is 6.09 Å². The number of amides is 2. The Balaban J connectivity index is 1.72. The highest BCUT2D eigenvalue weighted by Gasteiger charge is 2.35. The van der Waals surface area contributed by atoms with Crippen molar-refractivity contribution in [3.05, 3.63) is 24.3 Å². The van der Waals surface area contributed by atoms with Crippen molar-refractivity contribution in [3.63, 3.8) is 0 Å². The number of nitrogens with zero attached hydrogens (tertiary/aromatic N) is 2. The van der Waals surface area contributed by atoms with Crippen LogP contribution < -0.4 is 20.9 Å². The zero-order chi connectivity index (χ0) is 14.8. The highest BCUT2D eigenvalue weighted by atomic mass is 16.6. The third kappa shape index (κ3) is 2.78. The standard InChI is InChI=1S/C14H18N4O3/c15-13(19)12-9-18(14(20)21-12)11-3-1-10(2-4-11)17-7-5-16-6-8-17/h1-4,12,16H,5-9H2,(H2,15,19). The van der Waals surface area contributed by atoms with Gasteiger partial charge in [0.15, 0.2) is 6.10 Å². The van der Waals surface area contributed by atoms with Crippen LogP contribution in [0.4, 0.5) is 16.2 Å². The summed E-state index contributed by atoms with van der Waals surface area (Å²) in [7, 11) is 0. The molecule has 2 saturated heterocycles. The molecule has 2 aliphatic rings. The first-order valence-corrected chi connectivity index (χ1v) is 6.98. The van der Waals surface area contributed by atoms with E-state index in [2.05, 4.69) is 10.2 Å². The molecule has 0 aromatic heterocycles. The number of carbonyl (C=O) groups excluding carboxylic acids is 2. The Morgan fingerprint density at radius 3 is 2.38 bits per heavy atom. The summed E-state index contributed by atoms with van der Waals surface area (Å²) in [6, 6.07) is 7.68. The highest BCUT2D eigenvalue weighted by molar-refractivity contribution is 5.95. The summed E-state index contributed by atoms with van der Waals surface area (Å²) < 4.78 is 4.93. The monoisotopic (exact) mass is 290 g/mol. The van der Waals surface area contributed by atoms with Gasteiger partial charge < -0.3 is 20.7 Å². The van der Waals surface area contributed by atoms with Crippen LogP contribution in [0.2, 0.25) is 0 Å². The average molecular weight is 290 g/mol. The van der Waals surface area contributed by atoms with Crippen molar-refractivity contribution < 1.29 is 14.3 Å². The van der Waals surface area contributed by atoms with Gasteiger partial charge in [-0.1, -0.05) is 0 Å². The second-order valence-corrected chi connectivity index (χ2v) is 5.14. The maximum Gasteiger partial charge on any atom is 0.415 e. The molecule has 7 nitrogen and oxygen atoms in total. The van der Waals surface area contributed by atoms with Crippen molar-refractivity contribution in [1.29, 1.82) is 0 Å². The van der Waals surface area contributed by atoms with Crippen LogP contribution in [0, 0.1) is 0 Å². The lowest BCUT2D eigenvalue weighted by Crippen LogP contribution is -2.43. The van der Waals surface area contributed by atoms with E-state index in [1.807, 2.05) is 24.3 Å². The summed E-state index contributed by atoms with van der Waals surface area (Å²) in [5.41, 5.74) is 7.00. The molecule has 2 fully saturated rings. The molecule has 3 rings (SSSR count). The molecule has 0 spiro atoms. The Hall–Kier alpha value is -2.28. The van der Waals surface area contributed by atoms with Gasteiger partial charge in [-0.15, -0.1) is 0 Å². The van der Waals surface area contributed by atoms with Gasteiger partial charge in [-0.3, -0.25) is 9.69 Å². The van der Waals surface area contributed by atoms with E-state index in [1.54, 1.807) is 0 Å². The number of piperazine rings is 1. The van der Waals surface area contributed by atoms with E-state index in [-0.39, 0.29) is 6.54 Å². The summed E-state index contributed by atoms with van der Waals surface area (Å²) in [5, 5.41) is 3.31. The molecule has 21 heavy (non-hydrogen) atoms. The van der Waals surface area contributed by atoms with Crippen LogP contribution in [0.15, 0.2) is 24.3 Å². The Morgan fingerprint density at radius 1 is 1.19 bits per heavy atom. The SMILES string of the molecule is NC(=O)C1CN(c2ccc(N3CCNCC3)cc2)C(=O)O1. The van der Waals surface area contributed by atoms with E-state index < -0.39 is 18.1 Å². The normalized spacial score (nSPS) is 22.3. The molecule has 1 aromatic carbocycles. The second kappa shape index (κ2) is 5.61. The maximum atomic E-state index is 11.8. The van der Waals surface area contributed by atoms with Crippen LogP contribution in [-0.4, -0.2) is 50.8 Å². The van der Waals surface area contributed by atoms with Crippen molar-refractivity contribution in [2.24, 2.45) is 5.73 Å². The van der Waals surface area contributed by atoms with Gasteiger partial charge in [-0.25, -0.2) is 4.79 Å². The Kier molecular flexibility index (Phi) is 3.66. The van der Waals surface area contributed by atoms with Crippen LogP contribution in [0.25, 0.3) is 0 Å². The number of cyclic esters (lactones) is 1. The number of rotatable bonds is 3. The van der Waals surface area contributed by atoms with E-state index >= 15 is 0 Å². The number of hydrogen-bond acceptors (Lipinski definition) is 5. The van der Waals surface area contributed by atoms with E-state index in [0.29, 0.717) is 5.69 Å². The van der Waals surface area contributed by atoms with Gasteiger partial charge in [0.05, 0.1) is 6.54 Å². The largest absolute Gasteiger partial charge is 0.434 e. The van der Waals surface area contributed by atoms with Crippen molar-refractivity contribution in [2.75, 3.05) is 42.5 Å². The fourth-order valence-electron chi connectivity index (χ4n) is 2.59.